The summed E-state index contributed by atoms with van der Waals surface area (Å²) in [6.07, 6.45) is 3.76. The van der Waals surface area contributed by atoms with E-state index < -0.39 is 0 Å². The summed E-state index contributed by atoms with van der Waals surface area (Å²) in [5, 5.41) is 7.51. The van der Waals surface area contributed by atoms with E-state index in [4.69, 9.17) is 4.42 Å². The summed E-state index contributed by atoms with van der Waals surface area (Å²) in [7, 11) is 1.88. The number of nitrogens with zero attached hydrogens (tertiary/aromatic N) is 3. The quantitative estimate of drug-likeness (QED) is 0.913. The third kappa shape index (κ3) is 3.11. The topological polar surface area (TPSA) is 63.3 Å². The van der Waals surface area contributed by atoms with E-state index in [2.05, 4.69) is 10.4 Å². The largest absolute Gasteiger partial charge is 0.456 e. The predicted octanol–water partition coefficient (Wildman–Crippen LogP) is 1.53. The van der Waals surface area contributed by atoms with E-state index in [1.807, 2.05) is 37.3 Å². The molecule has 3 heterocycles. The lowest BCUT2D eigenvalue weighted by molar-refractivity contribution is 0.0600. The number of hydrogen-bond acceptors (Lipinski definition) is 4. The highest BCUT2D eigenvalue weighted by atomic mass is 35.5. The van der Waals surface area contributed by atoms with Crippen LogP contribution in [0.1, 0.15) is 27.9 Å². The third-order valence-corrected chi connectivity index (χ3v) is 3.57. The molecule has 2 aromatic heterocycles. The molecular formula is C14H19ClN4O2. The molecule has 1 saturated heterocycles. The molecule has 0 aliphatic carbocycles. The number of halogens is 1. The van der Waals surface area contributed by atoms with Crippen LogP contribution in [0.4, 0.5) is 0 Å². The first kappa shape index (κ1) is 15.6. The molecule has 0 saturated carbocycles. The molecule has 3 rings (SSSR count). The van der Waals surface area contributed by atoms with E-state index in [0.717, 1.165) is 24.4 Å². The number of rotatable bonds is 2. The van der Waals surface area contributed by atoms with Gasteiger partial charge in [-0.1, -0.05) is 0 Å². The van der Waals surface area contributed by atoms with Crippen LogP contribution in [0, 0.1) is 6.92 Å². The Morgan fingerprint density at radius 2 is 2.29 bits per heavy atom. The molecule has 1 aliphatic rings. The van der Waals surface area contributed by atoms with Crippen LogP contribution in [-0.2, 0) is 7.05 Å². The molecule has 21 heavy (non-hydrogen) atoms. The first-order valence-corrected chi connectivity index (χ1v) is 6.72. The number of carbonyl (C=O) groups excluding carboxylic acids is 1. The fraction of sp³-hybridized carbons (Fsp3) is 0.429. The second-order valence-corrected chi connectivity index (χ2v) is 5.08. The molecule has 1 aliphatic heterocycles. The van der Waals surface area contributed by atoms with Gasteiger partial charge in [-0.2, -0.15) is 5.10 Å². The fourth-order valence-electron chi connectivity index (χ4n) is 2.55. The van der Waals surface area contributed by atoms with Crippen molar-refractivity contribution < 1.29 is 9.21 Å². The van der Waals surface area contributed by atoms with E-state index in [-0.39, 0.29) is 24.4 Å². The van der Waals surface area contributed by atoms with Crippen LogP contribution in [0.3, 0.4) is 0 Å². The standard InChI is InChI=1S/C14H18N4O2.ClH/c1-10-3-4-13(20-10)14(19)18-6-5-15-8-12(18)11-7-16-17(2)9-11;/h3-4,7,9,12,15H,5-6,8H2,1-2H3;1H. The van der Waals surface area contributed by atoms with Crippen molar-refractivity contribution in [3.63, 3.8) is 0 Å². The molecule has 0 aromatic carbocycles. The maximum Gasteiger partial charge on any atom is 0.290 e. The molecule has 6 nitrogen and oxygen atoms in total. The Hall–Kier alpha value is -1.79. The van der Waals surface area contributed by atoms with E-state index in [9.17, 15) is 4.79 Å². The van der Waals surface area contributed by atoms with Crippen LogP contribution in [0.25, 0.3) is 0 Å². The second-order valence-electron chi connectivity index (χ2n) is 5.08. The van der Waals surface area contributed by atoms with E-state index in [0.29, 0.717) is 12.3 Å². The summed E-state index contributed by atoms with van der Waals surface area (Å²) in [6, 6.07) is 3.55. The lowest BCUT2D eigenvalue weighted by Crippen LogP contribution is -2.48. The maximum atomic E-state index is 12.6. The highest BCUT2D eigenvalue weighted by molar-refractivity contribution is 5.92. The minimum absolute atomic E-state index is 0. The minimum Gasteiger partial charge on any atom is -0.456 e. The summed E-state index contributed by atoms with van der Waals surface area (Å²) < 4.78 is 7.21. The molecule has 1 fully saturated rings. The lowest BCUT2D eigenvalue weighted by Gasteiger charge is -2.35. The van der Waals surface area contributed by atoms with Gasteiger partial charge >= 0.3 is 0 Å². The third-order valence-electron chi connectivity index (χ3n) is 3.57. The van der Waals surface area contributed by atoms with E-state index >= 15 is 0 Å². The van der Waals surface area contributed by atoms with Crippen molar-refractivity contribution in [2.45, 2.75) is 13.0 Å². The van der Waals surface area contributed by atoms with Crippen molar-refractivity contribution in [2.24, 2.45) is 7.05 Å². The number of aryl methyl sites for hydroxylation is 2. The van der Waals surface area contributed by atoms with Gasteiger partial charge in [0, 0.05) is 38.4 Å². The Balaban J connectivity index is 0.00000161. The Bertz CT molecular complexity index is 622. The van der Waals surface area contributed by atoms with Crippen molar-refractivity contribution >= 4 is 18.3 Å². The number of aromatic nitrogens is 2. The molecule has 1 atom stereocenters. The van der Waals surface area contributed by atoms with Crippen molar-refractivity contribution in [3.8, 4) is 0 Å². The summed E-state index contributed by atoms with van der Waals surface area (Å²) in [4.78, 5) is 14.4. The van der Waals surface area contributed by atoms with E-state index in [1.165, 1.54) is 0 Å². The van der Waals surface area contributed by atoms with Gasteiger partial charge in [-0.25, -0.2) is 0 Å². The number of nitrogens with one attached hydrogen (secondary N) is 1. The van der Waals surface area contributed by atoms with Gasteiger partial charge in [-0.15, -0.1) is 12.4 Å². The monoisotopic (exact) mass is 310 g/mol. The summed E-state index contributed by atoms with van der Waals surface area (Å²) >= 11 is 0. The van der Waals surface area contributed by atoms with Crippen molar-refractivity contribution in [1.29, 1.82) is 0 Å². The highest BCUT2D eigenvalue weighted by Gasteiger charge is 2.30. The van der Waals surface area contributed by atoms with Crippen molar-refractivity contribution in [1.82, 2.24) is 20.0 Å². The summed E-state index contributed by atoms with van der Waals surface area (Å²) in [5.74, 6) is 1.09. The molecule has 1 amide bonds. The Labute approximate surface area is 129 Å². The van der Waals surface area contributed by atoms with Crippen LogP contribution in [-0.4, -0.2) is 40.2 Å². The Kier molecular flexibility index (Phi) is 4.69. The average molecular weight is 311 g/mol. The summed E-state index contributed by atoms with van der Waals surface area (Å²) in [5.41, 5.74) is 1.04. The molecule has 7 heteroatoms. The number of hydrogen-bond donors (Lipinski definition) is 1. The molecule has 0 spiro atoms. The van der Waals surface area contributed by atoms with Crippen LogP contribution in [0.2, 0.25) is 0 Å². The van der Waals surface area contributed by atoms with Crippen molar-refractivity contribution in [3.05, 3.63) is 41.6 Å². The van der Waals surface area contributed by atoms with Gasteiger partial charge in [0.25, 0.3) is 5.91 Å². The zero-order valence-corrected chi connectivity index (χ0v) is 12.9. The average Bonchev–Trinajstić information content (AvgIpc) is 3.07. The van der Waals surface area contributed by atoms with Gasteiger partial charge in [-0.05, 0) is 19.1 Å². The molecule has 1 N–H and O–H groups in total. The zero-order chi connectivity index (χ0) is 14.1. The normalized spacial score (nSPS) is 18.4. The first-order chi connectivity index (χ1) is 9.65. The summed E-state index contributed by atoms with van der Waals surface area (Å²) in [6.45, 7) is 4.03. The van der Waals surface area contributed by atoms with Crippen LogP contribution in [0.15, 0.2) is 28.9 Å². The second kappa shape index (κ2) is 6.32. The van der Waals surface area contributed by atoms with Gasteiger partial charge in [-0.3, -0.25) is 9.48 Å². The molecule has 114 valence electrons. The SMILES string of the molecule is Cc1ccc(C(=O)N2CCNCC2c2cnn(C)c2)o1.Cl. The maximum absolute atomic E-state index is 12.6. The number of amides is 1. The zero-order valence-electron chi connectivity index (χ0n) is 12.1. The number of piperazine rings is 1. The smallest absolute Gasteiger partial charge is 0.290 e. The van der Waals surface area contributed by atoms with Gasteiger partial charge in [0.15, 0.2) is 5.76 Å². The first-order valence-electron chi connectivity index (χ1n) is 6.72. The van der Waals surface area contributed by atoms with Crippen LogP contribution >= 0.6 is 12.4 Å². The van der Waals surface area contributed by atoms with Crippen LogP contribution in [0.5, 0.6) is 0 Å². The Morgan fingerprint density at radius 3 is 2.90 bits per heavy atom. The number of furan rings is 1. The van der Waals surface area contributed by atoms with Gasteiger partial charge < -0.3 is 14.6 Å². The van der Waals surface area contributed by atoms with Gasteiger partial charge in [0.1, 0.15) is 5.76 Å². The lowest BCUT2D eigenvalue weighted by atomic mass is 10.1. The van der Waals surface area contributed by atoms with Gasteiger partial charge in [0.05, 0.1) is 12.2 Å². The highest BCUT2D eigenvalue weighted by Crippen LogP contribution is 2.24. The molecule has 0 radical (unpaired) electrons. The van der Waals surface area contributed by atoms with E-state index in [1.54, 1.807) is 10.7 Å². The number of carbonyl (C=O) groups is 1. The molecule has 1 unspecified atom stereocenters. The molecule has 2 aromatic rings. The fourth-order valence-corrected chi connectivity index (χ4v) is 2.55. The predicted molar refractivity (Wildman–Crippen MR) is 80.5 cm³/mol. The van der Waals surface area contributed by atoms with Gasteiger partial charge in [0.2, 0.25) is 0 Å². The molecule has 0 bridgehead atoms. The minimum atomic E-state index is -0.0616. The van der Waals surface area contributed by atoms with Crippen molar-refractivity contribution in [2.75, 3.05) is 19.6 Å². The van der Waals surface area contributed by atoms with Crippen LogP contribution < -0.4 is 5.32 Å². The molecular weight excluding hydrogens is 292 g/mol. The Morgan fingerprint density at radius 1 is 1.48 bits per heavy atom.